The molecule has 0 radical (unpaired) electrons. The Morgan fingerprint density at radius 2 is 1.06 bits per heavy atom. The van der Waals surface area contributed by atoms with Crippen LogP contribution in [0.3, 0.4) is 0 Å². The van der Waals surface area contributed by atoms with Crippen LogP contribution in [0.4, 0.5) is 0 Å². The van der Waals surface area contributed by atoms with Crippen LogP contribution in [0.25, 0.3) is 0 Å². The Kier molecular flexibility index (Phi) is 2.37. The summed E-state index contributed by atoms with van der Waals surface area (Å²) in [6, 6.07) is 20.3. The normalized spacial score (nSPS) is 27.6. The first-order chi connectivity index (χ1) is 7.88. The van der Waals surface area contributed by atoms with Crippen LogP contribution < -0.4 is 0 Å². The standard InChI is InChI=1S/C14H12OS/c15-16-13(11-7-3-1-4-8-11)14(16)12-9-5-2-6-10-12/h1-10,13-14H. The molecule has 0 N–H and O–H groups in total. The fraction of sp³-hybridized carbons (Fsp3) is 0.143. The lowest BCUT2D eigenvalue weighted by atomic mass is 10.0. The highest BCUT2D eigenvalue weighted by atomic mass is 32.2. The van der Waals surface area contributed by atoms with Gasteiger partial charge in [-0.15, -0.1) is 0 Å². The second kappa shape index (κ2) is 3.87. The first-order valence-electron chi connectivity index (χ1n) is 5.37. The summed E-state index contributed by atoms with van der Waals surface area (Å²) in [5, 5.41) is 0.396. The van der Waals surface area contributed by atoms with E-state index >= 15 is 0 Å². The molecular formula is C14H12OS. The van der Waals surface area contributed by atoms with Crippen molar-refractivity contribution >= 4 is 10.8 Å². The average Bonchev–Trinajstić information content (AvgIpc) is 3.03. The van der Waals surface area contributed by atoms with Gasteiger partial charge in [0.15, 0.2) is 0 Å². The molecule has 0 aliphatic carbocycles. The van der Waals surface area contributed by atoms with Crippen LogP contribution in [0, 0.1) is 0 Å². The van der Waals surface area contributed by atoms with E-state index in [2.05, 4.69) is 24.3 Å². The Hall–Kier alpha value is -1.41. The van der Waals surface area contributed by atoms with Gasteiger partial charge in [-0.25, -0.2) is 0 Å². The highest BCUT2D eigenvalue weighted by Crippen LogP contribution is 2.54. The molecule has 3 rings (SSSR count). The van der Waals surface area contributed by atoms with E-state index in [1.54, 1.807) is 0 Å². The van der Waals surface area contributed by atoms with Gasteiger partial charge in [0.05, 0.1) is 10.5 Å². The molecule has 0 bridgehead atoms. The van der Waals surface area contributed by atoms with Gasteiger partial charge in [-0.2, -0.15) is 0 Å². The summed E-state index contributed by atoms with van der Waals surface area (Å²) in [7, 11) is -0.739. The molecule has 80 valence electrons. The maximum Gasteiger partial charge on any atom is 0.0788 e. The number of benzene rings is 2. The van der Waals surface area contributed by atoms with Crippen molar-refractivity contribution in [2.75, 3.05) is 0 Å². The molecule has 0 saturated carbocycles. The molecule has 2 atom stereocenters. The fourth-order valence-corrected chi connectivity index (χ4v) is 3.78. The van der Waals surface area contributed by atoms with Gasteiger partial charge in [0, 0.05) is 10.8 Å². The monoisotopic (exact) mass is 228 g/mol. The molecular weight excluding hydrogens is 216 g/mol. The first kappa shape index (κ1) is 9.79. The Morgan fingerprint density at radius 3 is 1.44 bits per heavy atom. The van der Waals surface area contributed by atoms with Crippen LogP contribution in [-0.4, -0.2) is 4.21 Å². The Bertz CT molecular complexity index is 459. The minimum atomic E-state index is -0.739. The van der Waals surface area contributed by atoms with Gasteiger partial charge in [0.2, 0.25) is 0 Å². The maximum absolute atomic E-state index is 11.9. The van der Waals surface area contributed by atoms with Crippen molar-refractivity contribution in [3.63, 3.8) is 0 Å². The highest BCUT2D eigenvalue weighted by molar-refractivity contribution is 7.92. The number of rotatable bonds is 2. The summed E-state index contributed by atoms with van der Waals surface area (Å²) >= 11 is 0. The smallest absolute Gasteiger partial charge is 0.0788 e. The molecule has 16 heavy (non-hydrogen) atoms. The van der Waals surface area contributed by atoms with Gasteiger partial charge < -0.3 is 0 Å². The zero-order chi connectivity index (χ0) is 11.0. The van der Waals surface area contributed by atoms with E-state index in [-0.39, 0.29) is 10.5 Å². The van der Waals surface area contributed by atoms with E-state index < -0.39 is 10.8 Å². The van der Waals surface area contributed by atoms with Crippen molar-refractivity contribution in [1.29, 1.82) is 0 Å². The number of hydrogen-bond donors (Lipinski definition) is 0. The molecule has 1 aliphatic heterocycles. The lowest BCUT2D eigenvalue weighted by molar-refractivity contribution is 0.692. The van der Waals surface area contributed by atoms with E-state index in [1.807, 2.05) is 36.4 Å². The minimum Gasteiger partial charge on any atom is -0.258 e. The van der Waals surface area contributed by atoms with E-state index in [1.165, 1.54) is 11.1 Å². The summed E-state index contributed by atoms with van der Waals surface area (Å²) in [6.45, 7) is 0. The molecule has 0 amide bonds. The van der Waals surface area contributed by atoms with Gasteiger partial charge in [0.25, 0.3) is 0 Å². The van der Waals surface area contributed by atoms with Gasteiger partial charge in [-0.3, -0.25) is 4.21 Å². The lowest BCUT2D eigenvalue weighted by Crippen LogP contribution is -1.82. The highest BCUT2D eigenvalue weighted by Gasteiger charge is 2.49. The van der Waals surface area contributed by atoms with Gasteiger partial charge in [0.1, 0.15) is 0 Å². The van der Waals surface area contributed by atoms with Crippen molar-refractivity contribution in [2.45, 2.75) is 10.5 Å². The predicted octanol–water partition coefficient (Wildman–Crippen LogP) is 3.23. The van der Waals surface area contributed by atoms with Crippen molar-refractivity contribution in [2.24, 2.45) is 0 Å². The molecule has 1 saturated heterocycles. The lowest BCUT2D eigenvalue weighted by Gasteiger charge is -1.97. The van der Waals surface area contributed by atoms with E-state index in [9.17, 15) is 4.21 Å². The van der Waals surface area contributed by atoms with Crippen LogP contribution in [-0.2, 0) is 10.8 Å². The van der Waals surface area contributed by atoms with Crippen molar-refractivity contribution in [3.8, 4) is 0 Å². The van der Waals surface area contributed by atoms with E-state index in [4.69, 9.17) is 0 Å². The summed E-state index contributed by atoms with van der Waals surface area (Å²) in [4.78, 5) is 0. The molecule has 0 aromatic heterocycles. The third kappa shape index (κ3) is 1.59. The second-order valence-corrected chi connectivity index (χ2v) is 5.66. The van der Waals surface area contributed by atoms with Gasteiger partial charge in [-0.1, -0.05) is 60.7 Å². The van der Waals surface area contributed by atoms with Gasteiger partial charge in [-0.05, 0) is 11.1 Å². The van der Waals surface area contributed by atoms with Gasteiger partial charge >= 0.3 is 0 Å². The molecule has 2 aromatic rings. The van der Waals surface area contributed by atoms with Crippen LogP contribution in [0.2, 0.25) is 0 Å². The summed E-state index contributed by atoms with van der Waals surface area (Å²) in [6.07, 6.45) is 0. The summed E-state index contributed by atoms with van der Waals surface area (Å²) in [5.74, 6) is 0. The van der Waals surface area contributed by atoms with Crippen LogP contribution in [0.15, 0.2) is 60.7 Å². The molecule has 2 heteroatoms. The van der Waals surface area contributed by atoms with E-state index in [0.29, 0.717) is 0 Å². The predicted molar refractivity (Wildman–Crippen MR) is 66.5 cm³/mol. The molecule has 1 heterocycles. The zero-order valence-corrected chi connectivity index (χ0v) is 9.56. The minimum absolute atomic E-state index is 0.198. The molecule has 1 aliphatic rings. The van der Waals surface area contributed by atoms with Crippen molar-refractivity contribution in [3.05, 3.63) is 71.8 Å². The summed E-state index contributed by atoms with van der Waals surface area (Å²) < 4.78 is 11.9. The largest absolute Gasteiger partial charge is 0.258 e. The third-order valence-electron chi connectivity index (χ3n) is 2.96. The third-order valence-corrected chi connectivity index (χ3v) is 4.73. The zero-order valence-electron chi connectivity index (χ0n) is 8.74. The topological polar surface area (TPSA) is 17.1 Å². The maximum atomic E-state index is 11.9. The van der Waals surface area contributed by atoms with Crippen molar-refractivity contribution in [1.82, 2.24) is 0 Å². The SMILES string of the molecule is O=S1C(c2ccccc2)C1c1ccccc1. The summed E-state index contributed by atoms with van der Waals surface area (Å²) in [5.41, 5.74) is 2.38. The Labute approximate surface area is 97.6 Å². The second-order valence-electron chi connectivity index (χ2n) is 3.99. The Morgan fingerprint density at radius 1 is 0.688 bits per heavy atom. The molecule has 2 unspecified atom stereocenters. The van der Waals surface area contributed by atoms with Crippen molar-refractivity contribution < 1.29 is 4.21 Å². The number of hydrogen-bond acceptors (Lipinski definition) is 1. The molecule has 1 nitrogen and oxygen atoms in total. The quantitative estimate of drug-likeness (QED) is 0.721. The molecule has 0 spiro atoms. The van der Waals surface area contributed by atoms with Crippen LogP contribution >= 0.6 is 0 Å². The Balaban J connectivity index is 1.90. The fourth-order valence-electron chi connectivity index (χ4n) is 2.09. The molecule has 1 fully saturated rings. The molecule has 2 aromatic carbocycles. The first-order valence-corrected chi connectivity index (χ1v) is 6.65. The van der Waals surface area contributed by atoms with Crippen LogP contribution in [0.1, 0.15) is 21.6 Å². The van der Waals surface area contributed by atoms with E-state index in [0.717, 1.165) is 0 Å². The average molecular weight is 228 g/mol. The van der Waals surface area contributed by atoms with Crippen LogP contribution in [0.5, 0.6) is 0 Å².